The number of aromatic nitrogens is 3. The van der Waals surface area contributed by atoms with Crippen molar-refractivity contribution in [2.24, 2.45) is 0 Å². The zero-order valence-corrected chi connectivity index (χ0v) is 21.2. The van der Waals surface area contributed by atoms with Gasteiger partial charge in [0.15, 0.2) is 0 Å². The summed E-state index contributed by atoms with van der Waals surface area (Å²) in [5, 5.41) is 7.95. The molecule has 0 radical (unpaired) electrons. The molecule has 0 fully saturated rings. The molecule has 0 saturated heterocycles. The third-order valence-corrected chi connectivity index (χ3v) is 6.49. The Hall–Kier alpha value is -0.900. The summed E-state index contributed by atoms with van der Waals surface area (Å²) in [7, 11) is 0. The normalized spacial score (nSPS) is 11.6. The van der Waals surface area contributed by atoms with Crippen LogP contribution in [-0.2, 0) is 6.67 Å². The van der Waals surface area contributed by atoms with E-state index in [-0.39, 0.29) is 0 Å². The van der Waals surface area contributed by atoms with Crippen molar-refractivity contribution in [3.05, 3.63) is 12.7 Å². The number of hydrogen-bond donors (Lipinski definition) is 0. The molecule has 1 aromatic heterocycles. The van der Waals surface area contributed by atoms with Crippen LogP contribution in [0.2, 0.25) is 0 Å². The van der Waals surface area contributed by atoms with E-state index in [2.05, 4.69) is 33.5 Å². The van der Waals surface area contributed by atoms with Crippen LogP contribution in [0.25, 0.3) is 0 Å². The molecule has 0 bridgehead atoms. The Morgan fingerprint density at radius 1 is 0.484 bits per heavy atom. The quantitative estimate of drug-likeness (QED) is 0.153. The van der Waals surface area contributed by atoms with Crippen molar-refractivity contribution < 1.29 is 0 Å². The number of hydrogen-bond acceptors (Lipinski definition) is 3. The SMILES string of the molecule is CCCCCCCCCCCCN(CCCCCCCCCCCC)Cn1cnnc1. The lowest BCUT2D eigenvalue weighted by Crippen LogP contribution is -2.28. The molecule has 0 atom stereocenters. The van der Waals surface area contributed by atoms with Gasteiger partial charge in [-0.2, -0.15) is 0 Å². The average Bonchev–Trinajstić information content (AvgIpc) is 3.29. The highest BCUT2D eigenvalue weighted by molar-refractivity contribution is 4.63. The minimum absolute atomic E-state index is 0.946. The van der Waals surface area contributed by atoms with Crippen LogP contribution in [0.15, 0.2) is 12.7 Å². The van der Waals surface area contributed by atoms with Crippen LogP contribution in [0.1, 0.15) is 142 Å². The maximum Gasteiger partial charge on any atom is 0.120 e. The van der Waals surface area contributed by atoms with Crippen LogP contribution in [0.3, 0.4) is 0 Å². The van der Waals surface area contributed by atoms with Gasteiger partial charge in [0.2, 0.25) is 0 Å². The number of rotatable bonds is 24. The molecule has 31 heavy (non-hydrogen) atoms. The highest BCUT2D eigenvalue weighted by atomic mass is 15.3. The molecule has 182 valence electrons. The molecule has 4 heteroatoms. The largest absolute Gasteiger partial charge is 0.306 e. The van der Waals surface area contributed by atoms with Crippen LogP contribution < -0.4 is 0 Å². The van der Waals surface area contributed by atoms with Gasteiger partial charge < -0.3 is 4.57 Å². The van der Waals surface area contributed by atoms with Crippen LogP contribution in [0.4, 0.5) is 0 Å². The van der Waals surface area contributed by atoms with Crippen molar-refractivity contribution >= 4 is 0 Å². The lowest BCUT2D eigenvalue weighted by molar-refractivity contribution is 0.208. The maximum atomic E-state index is 3.98. The summed E-state index contributed by atoms with van der Waals surface area (Å²) >= 11 is 0. The Morgan fingerprint density at radius 3 is 1.16 bits per heavy atom. The molecule has 0 N–H and O–H groups in total. The Labute approximate surface area is 194 Å². The van der Waals surface area contributed by atoms with Gasteiger partial charge in [-0.1, -0.05) is 129 Å². The predicted molar refractivity (Wildman–Crippen MR) is 135 cm³/mol. The molecular formula is C27H54N4. The fourth-order valence-electron chi connectivity index (χ4n) is 4.42. The fourth-order valence-corrected chi connectivity index (χ4v) is 4.42. The molecule has 0 aliphatic rings. The van der Waals surface area contributed by atoms with E-state index in [4.69, 9.17) is 0 Å². The molecule has 1 aromatic rings. The van der Waals surface area contributed by atoms with E-state index in [1.54, 1.807) is 0 Å². The van der Waals surface area contributed by atoms with Crippen molar-refractivity contribution in [1.29, 1.82) is 0 Å². The second-order valence-electron chi connectivity index (χ2n) is 9.60. The first kappa shape index (κ1) is 28.1. The van der Waals surface area contributed by atoms with E-state index in [1.165, 1.54) is 142 Å². The van der Waals surface area contributed by atoms with E-state index in [1.807, 2.05) is 12.7 Å². The topological polar surface area (TPSA) is 34.0 Å². The standard InChI is InChI=1S/C27H54N4/c1-3-5-7-9-11-13-15-17-19-21-23-30(27-31-25-28-29-26-31)24-22-20-18-16-14-12-10-8-6-4-2/h25-26H,3-24,27H2,1-2H3. The second-order valence-corrected chi connectivity index (χ2v) is 9.60. The first-order valence-electron chi connectivity index (χ1n) is 13.9. The van der Waals surface area contributed by atoms with Crippen molar-refractivity contribution in [3.63, 3.8) is 0 Å². The highest BCUT2D eigenvalue weighted by Gasteiger charge is 2.06. The molecule has 0 spiro atoms. The van der Waals surface area contributed by atoms with Gasteiger partial charge in [-0.15, -0.1) is 10.2 Å². The van der Waals surface area contributed by atoms with Crippen molar-refractivity contribution in [2.75, 3.05) is 13.1 Å². The first-order chi connectivity index (χ1) is 15.4. The molecule has 1 heterocycles. The summed E-state index contributed by atoms with van der Waals surface area (Å²) in [5.41, 5.74) is 0. The van der Waals surface area contributed by atoms with Crippen LogP contribution in [0.5, 0.6) is 0 Å². The second kappa shape index (κ2) is 22.3. The van der Waals surface area contributed by atoms with Crippen LogP contribution in [-0.4, -0.2) is 32.8 Å². The molecule has 0 aliphatic heterocycles. The van der Waals surface area contributed by atoms with Gasteiger partial charge >= 0.3 is 0 Å². The highest BCUT2D eigenvalue weighted by Crippen LogP contribution is 2.13. The monoisotopic (exact) mass is 434 g/mol. The zero-order valence-electron chi connectivity index (χ0n) is 21.2. The van der Waals surface area contributed by atoms with Gasteiger partial charge in [0.25, 0.3) is 0 Å². The van der Waals surface area contributed by atoms with Gasteiger partial charge in [-0.25, -0.2) is 0 Å². The van der Waals surface area contributed by atoms with Gasteiger partial charge in [-0.3, -0.25) is 4.90 Å². The van der Waals surface area contributed by atoms with Gasteiger partial charge in [0, 0.05) is 0 Å². The first-order valence-corrected chi connectivity index (χ1v) is 13.9. The van der Waals surface area contributed by atoms with E-state index in [0.717, 1.165) is 6.67 Å². The lowest BCUT2D eigenvalue weighted by atomic mass is 10.1. The minimum Gasteiger partial charge on any atom is -0.306 e. The van der Waals surface area contributed by atoms with E-state index in [9.17, 15) is 0 Å². The predicted octanol–water partition coefficient (Wildman–Crippen LogP) is 8.38. The molecular weight excluding hydrogens is 380 g/mol. The summed E-state index contributed by atoms with van der Waals surface area (Å²) in [5.74, 6) is 0. The van der Waals surface area contributed by atoms with E-state index < -0.39 is 0 Å². The summed E-state index contributed by atoms with van der Waals surface area (Å²) < 4.78 is 2.12. The summed E-state index contributed by atoms with van der Waals surface area (Å²) in [4.78, 5) is 2.61. The molecule has 0 aromatic carbocycles. The van der Waals surface area contributed by atoms with E-state index in [0.29, 0.717) is 0 Å². The molecule has 4 nitrogen and oxygen atoms in total. The Bertz CT molecular complexity index is 422. The van der Waals surface area contributed by atoms with Gasteiger partial charge in [0.05, 0.1) is 6.67 Å². The van der Waals surface area contributed by atoms with Gasteiger partial charge in [-0.05, 0) is 25.9 Å². The zero-order chi connectivity index (χ0) is 22.2. The Kier molecular flexibility index (Phi) is 20.2. The number of unbranched alkanes of at least 4 members (excludes halogenated alkanes) is 18. The molecule has 0 amide bonds. The van der Waals surface area contributed by atoms with E-state index >= 15 is 0 Å². The number of nitrogens with zero attached hydrogens (tertiary/aromatic N) is 4. The smallest absolute Gasteiger partial charge is 0.120 e. The third kappa shape index (κ3) is 18.4. The van der Waals surface area contributed by atoms with Crippen LogP contribution in [0, 0.1) is 0 Å². The minimum atomic E-state index is 0.946. The molecule has 0 saturated carbocycles. The molecule has 1 rings (SSSR count). The molecule has 0 aliphatic carbocycles. The maximum absolute atomic E-state index is 3.98. The Balaban J connectivity index is 2.05. The summed E-state index contributed by atoms with van der Waals surface area (Å²) in [6, 6.07) is 0. The van der Waals surface area contributed by atoms with Crippen LogP contribution >= 0.6 is 0 Å². The fraction of sp³-hybridized carbons (Fsp3) is 0.926. The van der Waals surface area contributed by atoms with Gasteiger partial charge in [0.1, 0.15) is 12.7 Å². The lowest BCUT2D eigenvalue weighted by Gasteiger charge is -2.22. The van der Waals surface area contributed by atoms with Crippen molar-refractivity contribution in [3.8, 4) is 0 Å². The van der Waals surface area contributed by atoms with Crippen molar-refractivity contribution in [1.82, 2.24) is 19.7 Å². The summed E-state index contributed by atoms with van der Waals surface area (Å²) in [6.45, 7) is 7.96. The summed E-state index contributed by atoms with van der Waals surface area (Å²) in [6.07, 6.45) is 31.9. The Morgan fingerprint density at radius 2 is 0.806 bits per heavy atom. The third-order valence-electron chi connectivity index (χ3n) is 6.49. The average molecular weight is 435 g/mol. The van der Waals surface area contributed by atoms with Crippen molar-refractivity contribution in [2.45, 2.75) is 149 Å². The molecule has 0 unspecified atom stereocenters.